The molecule has 0 bridgehead atoms. The van der Waals surface area contributed by atoms with Gasteiger partial charge in [-0.25, -0.2) is 4.79 Å². The molecule has 0 spiro atoms. The molecule has 0 radical (unpaired) electrons. The van der Waals surface area contributed by atoms with E-state index in [1.165, 1.54) is 22.4 Å². The van der Waals surface area contributed by atoms with Crippen molar-refractivity contribution in [3.8, 4) is 0 Å². The lowest BCUT2D eigenvalue weighted by molar-refractivity contribution is 0.0697. The molecule has 0 unspecified atom stereocenters. The molecule has 1 aliphatic rings. The highest BCUT2D eigenvalue weighted by molar-refractivity contribution is 5.89. The summed E-state index contributed by atoms with van der Waals surface area (Å²) in [5, 5.41) is 12.8. The van der Waals surface area contributed by atoms with Crippen LogP contribution in [0.3, 0.4) is 0 Å². The third kappa shape index (κ3) is 4.29. The van der Waals surface area contributed by atoms with Gasteiger partial charge in [-0.1, -0.05) is 58.5 Å². The SMILES string of the molecule is C=C(c1ccc(C(=O)O)cc1)c1cc2c(cc1C)C(C)(C)CC=C2NCC(C)C. The minimum atomic E-state index is -0.916. The van der Waals surface area contributed by atoms with Crippen LogP contribution in [0, 0.1) is 12.8 Å². The number of rotatable bonds is 6. The molecule has 3 rings (SSSR count). The number of allylic oxidation sites excluding steroid dienone is 1. The molecule has 0 heterocycles. The molecule has 3 nitrogen and oxygen atoms in total. The molecule has 2 aromatic rings. The van der Waals surface area contributed by atoms with Crippen LogP contribution in [0.4, 0.5) is 0 Å². The van der Waals surface area contributed by atoms with Gasteiger partial charge < -0.3 is 10.4 Å². The van der Waals surface area contributed by atoms with Crippen LogP contribution in [0.5, 0.6) is 0 Å². The smallest absolute Gasteiger partial charge is 0.335 e. The zero-order valence-electron chi connectivity index (χ0n) is 18.1. The lowest BCUT2D eigenvalue weighted by Crippen LogP contribution is -2.27. The second kappa shape index (κ2) is 7.90. The molecule has 2 N–H and O–H groups in total. The van der Waals surface area contributed by atoms with E-state index in [2.05, 4.69) is 64.7 Å². The number of hydrogen-bond acceptors (Lipinski definition) is 2. The Hall–Kier alpha value is -2.81. The van der Waals surface area contributed by atoms with Gasteiger partial charge in [0, 0.05) is 17.8 Å². The molecule has 0 fully saturated rings. The zero-order valence-corrected chi connectivity index (χ0v) is 18.1. The van der Waals surface area contributed by atoms with Gasteiger partial charge in [-0.3, -0.25) is 0 Å². The first-order valence-corrected chi connectivity index (χ1v) is 10.2. The topological polar surface area (TPSA) is 49.3 Å². The Morgan fingerprint density at radius 2 is 1.79 bits per heavy atom. The summed E-state index contributed by atoms with van der Waals surface area (Å²) in [5.41, 5.74) is 8.31. The minimum absolute atomic E-state index is 0.0894. The maximum atomic E-state index is 11.1. The summed E-state index contributed by atoms with van der Waals surface area (Å²) in [6.45, 7) is 16.4. The van der Waals surface area contributed by atoms with Crippen LogP contribution in [0.1, 0.15) is 72.3 Å². The molecule has 2 aromatic carbocycles. The molecule has 0 aromatic heterocycles. The van der Waals surface area contributed by atoms with Gasteiger partial charge in [-0.2, -0.15) is 0 Å². The van der Waals surface area contributed by atoms with Gasteiger partial charge in [0.25, 0.3) is 0 Å². The third-order valence-corrected chi connectivity index (χ3v) is 5.71. The highest BCUT2D eigenvalue weighted by Gasteiger charge is 2.29. The first-order valence-electron chi connectivity index (χ1n) is 10.2. The molecule has 0 saturated heterocycles. The van der Waals surface area contributed by atoms with Gasteiger partial charge in [0.15, 0.2) is 0 Å². The monoisotopic (exact) mass is 389 g/mol. The first-order chi connectivity index (χ1) is 13.6. The van der Waals surface area contributed by atoms with E-state index in [-0.39, 0.29) is 11.0 Å². The van der Waals surface area contributed by atoms with Gasteiger partial charge in [0.05, 0.1) is 5.56 Å². The van der Waals surface area contributed by atoms with Crippen molar-refractivity contribution >= 4 is 17.2 Å². The van der Waals surface area contributed by atoms with Crippen LogP contribution in [0.25, 0.3) is 11.3 Å². The van der Waals surface area contributed by atoms with Crippen molar-refractivity contribution in [2.45, 2.75) is 46.5 Å². The molecule has 3 heteroatoms. The standard InChI is InChI=1S/C26H31NO2/c1-16(2)15-27-24-11-12-26(5,6)23-13-17(3)21(14-22(23)24)18(4)19-7-9-20(10-8-19)25(28)29/h7-11,13-14,16,27H,4,12,15H2,1-3,5-6H3,(H,28,29). The number of aryl methyl sites for hydroxylation is 1. The number of aromatic carboxylic acids is 1. The van der Waals surface area contributed by atoms with E-state index in [0.717, 1.165) is 29.7 Å². The van der Waals surface area contributed by atoms with E-state index in [0.29, 0.717) is 5.92 Å². The summed E-state index contributed by atoms with van der Waals surface area (Å²) in [7, 11) is 0. The summed E-state index contributed by atoms with van der Waals surface area (Å²) in [6, 6.07) is 11.5. The second-order valence-electron chi connectivity index (χ2n) is 9.05. The number of fused-ring (bicyclic) bond motifs is 1. The summed E-state index contributed by atoms with van der Waals surface area (Å²) in [5.74, 6) is -0.345. The molecular formula is C26H31NO2. The number of carboxylic acid groups (broad SMARTS) is 1. The largest absolute Gasteiger partial charge is 0.478 e. The highest BCUT2D eigenvalue weighted by Crippen LogP contribution is 2.41. The fourth-order valence-electron chi connectivity index (χ4n) is 3.84. The maximum absolute atomic E-state index is 11.1. The molecule has 0 aliphatic heterocycles. The third-order valence-electron chi connectivity index (χ3n) is 5.71. The van der Waals surface area contributed by atoms with E-state index in [9.17, 15) is 4.79 Å². The minimum Gasteiger partial charge on any atom is -0.478 e. The maximum Gasteiger partial charge on any atom is 0.335 e. The van der Waals surface area contributed by atoms with Crippen LogP contribution in [0.15, 0.2) is 49.1 Å². The van der Waals surface area contributed by atoms with Gasteiger partial charge in [-0.15, -0.1) is 0 Å². The Balaban J connectivity index is 2.03. The van der Waals surface area contributed by atoms with Crippen molar-refractivity contribution in [2.24, 2.45) is 5.92 Å². The van der Waals surface area contributed by atoms with Crippen LogP contribution < -0.4 is 5.32 Å². The van der Waals surface area contributed by atoms with Gasteiger partial charge in [-0.05, 0) is 70.7 Å². The lowest BCUT2D eigenvalue weighted by Gasteiger charge is -2.34. The van der Waals surface area contributed by atoms with Crippen LogP contribution in [-0.2, 0) is 5.41 Å². The normalized spacial score (nSPS) is 14.9. The van der Waals surface area contributed by atoms with Gasteiger partial charge >= 0.3 is 5.97 Å². The van der Waals surface area contributed by atoms with Crippen molar-refractivity contribution in [1.29, 1.82) is 0 Å². The number of nitrogens with one attached hydrogen (secondary N) is 1. The van der Waals surface area contributed by atoms with Crippen LogP contribution in [-0.4, -0.2) is 17.6 Å². The van der Waals surface area contributed by atoms with Crippen LogP contribution >= 0.6 is 0 Å². The summed E-state index contributed by atoms with van der Waals surface area (Å²) >= 11 is 0. The van der Waals surface area contributed by atoms with Gasteiger partial charge in [0.2, 0.25) is 0 Å². The van der Waals surface area contributed by atoms with E-state index >= 15 is 0 Å². The average Bonchev–Trinajstić information content (AvgIpc) is 2.67. The Labute approximate surface area is 174 Å². The number of carbonyl (C=O) groups is 1. The van der Waals surface area contributed by atoms with Crippen molar-refractivity contribution in [2.75, 3.05) is 6.54 Å². The Morgan fingerprint density at radius 1 is 1.17 bits per heavy atom. The molecular weight excluding hydrogens is 358 g/mol. The molecule has 1 aliphatic carbocycles. The lowest BCUT2D eigenvalue weighted by atomic mass is 9.73. The van der Waals surface area contributed by atoms with Crippen molar-refractivity contribution in [3.05, 3.63) is 82.4 Å². The summed E-state index contributed by atoms with van der Waals surface area (Å²) in [6.07, 6.45) is 3.32. The highest BCUT2D eigenvalue weighted by atomic mass is 16.4. The Morgan fingerprint density at radius 3 is 2.38 bits per heavy atom. The van der Waals surface area contributed by atoms with E-state index in [4.69, 9.17) is 5.11 Å². The molecule has 0 saturated carbocycles. The van der Waals surface area contributed by atoms with Crippen molar-refractivity contribution in [3.63, 3.8) is 0 Å². The summed E-state index contributed by atoms with van der Waals surface area (Å²) < 4.78 is 0. The Bertz CT molecular complexity index is 979. The average molecular weight is 390 g/mol. The van der Waals surface area contributed by atoms with Crippen LogP contribution in [0.2, 0.25) is 0 Å². The summed E-state index contributed by atoms with van der Waals surface area (Å²) in [4.78, 5) is 11.1. The number of carboxylic acids is 1. The molecule has 29 heavy (non-hydrogen) atoms. The van der Waals surface area contributed by atoms with Crippen molar-refractivity contribution < 1.29 is 9.90 Å². The fourth-order valence-corrected chi connectivity index (χ4v) is 3.84. The number of hydrogen-bond donors (Lipinski definition) is 2. The molecule has 152 valence electrons. The Kier molecular flexibility index (Phi) is 5.70. The first kappa shape index (κ1) is 20.9. The zero-order chi connectivity index (χ0) is 21.3. The molecule has 0 amide bonds. The molecule has 0 atom stereocenters. The van der Waals surface area contributed by atoms with E-state index in [1.54, 1.807) is 12.1 Å². The second-order valence-corrected chi connectivity index (χ2v) is 9.05. The van der Waals surface area contributed by atoms with E-state index < -0.39 is 5.97 Å². The quantitative estimate of drug-likeness (QED) is 0.635. The predicted molar refractivity (Wildman–Crippen MR) is 121 cm³/mol. The van der Waals surface area contributed by atoms with Gasteiger partial charge in [0.1, 0.15) is 0 Å². The van der Waals surface area contributed by atoms with Crippen molar-refractivity contribution in [1.82, 2.24) is 5.32 Å². The predicted octanol–water partition coefficient (Wildman–Crippen LogP) is 6.02. The van der Waals surface area contributed by atoms with E-state index in [1.807, 2.05) is 12.1 Å². The number of benzene rings is 2. The fraction of sp³-hybridized carbons (Fsp3) is 0.346.